The van der Waals surface area contributed by atoms with E-state index in [9.17, 15) is 28.1 Å². The Morgan fingerprint density at radius 2 is 1.60 bits per heavy atom. The zero-order chi connectivity index (χ0) is 29.7. The molecule has 212 valence electrons. The molecule has 1 atom stereocenters. The number of sulfonamides is 1. The summed E-state index contributed by atoms with van der Waals surface area (Å²) in [6.45, 7) is 8.33. The predicted molar refractivity (Wildman–Crippen MR) is 153 cm³/mol. The van der Waals surface area contributed by atoms with Crippen LogP contribution in [0.25, 0.3) is 0 Å². The van der Waals surface area contributed by atoms with Crippen molar-refractivity contribution in [1.82, 2.24) is 10.2 Å². The van der Waals surface area contributed by atoms with E-state index in [2.05, 4.69) is 5.32 Å². The predicted octanol–water partition coefficient (Wildman–Crippen LogP) is 4.43. The summed E-state index contributed by atoms with van der Waals surface area (Å²) in [6, 6.07) is 19.1. The van der Waals surface area contributed by atoms with Crippen molar-refractivity contribution in [3.63, 3.8) is 0 Å². The fraction of sp³-hybridized carbons (Fsp3) is 0.310. The standard InChI is InChI=1S/C29H34N4O6S/c1-21-14-16-23(17-15-21)19-31(22(2)28(35)30-29(3,4)5)27(34)20-32(24-10-9-11-25(18-24)33(36)37)40(38,39)26-12-7-6-8-13-26/h6-18,22H,19-20H2,1-5H3,(H,30,35)/t22-/m1/s1. The van der Waals surface area contributed by atoms with Crippen molar-refractivity contribution < 1.29 is 22.9 Å². The summed E-state index contributed by atoms with van der Waals surface area (Å²) in [6.07, 6.45) is 0. The van der Waals surface area contributed by atoms with Gasteiger partial charge in [0.05, 0.1) is 15.5 Å². The fourth-order valence-electron chi connectivity index (χ4n) is 3.96. The van der Waals surface area contributed by atoms with Crippen molar-refractivity contribution in [2.75, 3.05) is 10.8 Å². The first-order valence-electron chi connectivity index (χ1n) is 12.7. The molecular weight excluding hydrogens is 532 g/mol. The lowest BCUT2D eigenvalue weighted by Gasteiger charge is -2.33. The maximum absolute atomic E-state index is 13.9. The molecule has 0 radical (unpaired) electrons. The minimum atomic E-state index is -4.32. The van der Waals surface area contributed by atoms with Gasteiger partial charge in [-0.05, 0) is 58.4 Å². The number of rotatable bonds is 10. The van der Waals surface area contributed by atoms with Gasteiger partial charge in [0.1, 0.15) is 12.6 Å². The van der Waals surface area contributed by atoms with E-state index in [0.29, 0.717) is 0 Å². The van der Waals surface area contributed by atoms with Crippen LogP contribution in [0.15, 0.2) is 83.8 Å². The third kappa shape index (κ3) is 7.66. The van der Waals surface area contributed by atoms with Crippen LogP contribution >= 0.6 is 0 Å². The summed E-state index contributed by atoms with van der Waals surface area (Å²) in [5.74, 6) is -1.05. The first-order valence-corrected chi connectivity index (χ1v) is 14.1. The Kier molecular flexibility index (Phi) is 9.31. The van der Waals surface area contributed by atoms with Crippen LogP contribution in [0.2, 0.25) is 0 Å². The summed E-state index contributed by atoms with van der Waals surface area (Å²) < 4.78 is 28.4. The third-order valence-corrected chi connectivity index (χ3v) is 7.87. The number of nitrogens with one attached hydrogen (secondary N) is 1. The molecule has 3 aromatic carbocycles. The maximum atomic E-state index is 13.9. The Hall–Kier alpha value is -4.25. The van der Waals surface area contributed by atoms with Gasteiger partial charge in [0.2, 0.25) is 11.8 Å². The second-order valence-corrected chi connectivity index (χ2v) is 12.4. The number of carbonyl (C=O) groups is 2. The van der Waals surface area contributed by atoms with Crippen molar-refractivity contribution in [3.8, 4) is 0 Å². The molecule has 0 aliphatic rings. The van der Waals surface area contributed by atoms with Crippen molar-refractivity contribution in [1.29, 1.82) is 0 Å². The van der Waals surface area contributed by atoms with Crippen LogP contribution in [0.3, 0.4) is 0 Å². The first kappa shape index (κ1) is 30.3. The number of anilines is 1. The van der Waals surface area contributed by atoms with E-state index in [4.69, 9.17) is 0 Å². The van der Waals surface area contributed by atoms with Gasteiger partial charge < -0.3 is 10.2 Å². The molecule has 0 spiro atoms. The number of hydrogen-bond acceptors (Lipinski definition) is 6. The normalized spacial score (nSPS) is 12.3. The molecule has 0 saturated heterocycles. The van der Waals surface area contributed by atoms with Crippen LogP contribution in [-0.2, 0) is 26.2 Å². The van der Waals surface area contributed by atoms with E-state index >= 15 is 0 Å². The summed E-state index contributed by atoms with van der Waals surface area (Å²) in [5.41, 5.74) is 0.838. The molecule has 0 unspecified atom stereocenters. The Morgan fingerprint density at radius 1 is 0.975 bits per heavy atom. The van der Waals surface area contributed by atoms with Crippen LogP contribution in [0.1, 0.15) is 38.8 Å². The highest BCUT2D eigenvalue weighted by Crippen LogP contribution is 2.27. The summed E-state index contributed by atoms with van der Waals surface area (Å²) in [5, 5.41) is 14.3. The summed E-state index contributed by atoms with van der Waals surface area (Å²) in [7, 11) is -4.32. The molecule has 2 amide bonds. The van der Waals surface area contributed by atoms with Crippen molar-refractivity contribution in [3.05, 3.63) is 100 Å². The van der Waals surface area contributed by atoms with Crippen molar-refractivity contribution in [2.45, 2.75) is 57.6 Å². The number of amides is 2. The second-order valence-electron chi connectivity index (χ2n) is 10.5. The van der Waals surface area contributed by atoms with Crippen molar-refractivity contribution in [2.24, 2.45) is 0 Å². The molecule has 3 aromatic rings. The molecule has 0 aromatic heterocycles. The lowest BCUT2D eigenvalue weighted by molar-refractivity contribution is -0.384. The van der Waals surface area contributed by atoms with Crippen LogP contribution in [0, 0.1) is 17.0 Å². The molecule has 3 rings (SSSR count). The van der Waals surface area contributed by atoms with Gasteiger partial charge in [0.15, 0.2) is 0 Å². The van der Waals surface area contributed by atoms with Gasteiger partial charge in [-0.15, -0.1) is 0 Å². The van der Waals surface area contributed by atoms with E-state index in [-0.39, 0.29) is 22.8 Å². The Labute approximate surface area is 234 Å². The number of nitrogens with zero attached hydrogens (tertiary/aromatic N) is 3. The van der Waals surface area contributed by atoms with E-state index in [1.54, 1.807) is 25.1 Å². The molecule has 0 heterocycles. The largest absolute Gasteiger partial charge is 0.350 e. The van der Waals surface area contributed by atoms with Crippen LogP contribution in [0.5, 0.6) is 0 Å². The Balaban J connectivity index is 2.06. The molecule has 40 heavy (non-hydrogen) atoms. The molecule has 1 N–H and O–H groups in total. The second kappa shape index (κ2) is 12.3. The first-order chi connectivity index (χ1) is 18.7. The van der Waals surface area contributed by atoms with E-state index in [1.165, 1.54) is 35.2 Å². The summed E-state index contributed by atoms with van der Waals surface area (Å²) >= 11 is 0. The number of benzene rings is 3. The molecular formula is C29H34N4O6S. The Bertz CT molecular complexity index is 1470. The molecule has 11 heteroatoms. The highest BCUT2D eigenvalue weighted by Gasteiger charge is 2.33. The minimum absolute atomic E-state index is 0.0476. The van der Waals surface area contributed by atoms with Crippen LogP contribution < -0.4 is 9.62 Å². The number of carbonyl (C=O) groups excluding carboxylic acids is 2. The molecule has 0 bridgehead atoms. The van der Waals surface area contributed by atoms with Gasteiger partial charge in [0, 0.05) is 24.2 Å². The van der Waals surface area contributed by atoms with Gasteiger partial charge >= 0.3 is 0 Å². The van der Waals surface area contributed by atoms with Gasteiger partial charge in [-0.3, -0.25) is 24.0 Å². The topological polar surface area (TPSA) is 130 Å². The smallest absolute Gasteiger partial charge is 0.271 e. The minimum Gasteiger partial charge on any atom is -0.350 e. The van der Waals surface area contributed by atoms with Crippen LogP contribution in [-0.4, -0.2) is 48.2 Å². The maximum Gasteiger partial charge on any atom is 0.271 e. The Morgan fingerprint density at radius 3 is 2.17 bits per heavy atom. The van der Waals surface area contributed by atoms with Crippen LogP contribution in [0.4, 0.5) is 11.4 Å². The molecule has 0 fully saturated rings. The van der Waals surface area contributed by atoms with E-state index in [1.807, 2.05) is 52.0 Å². The zero-order valence-corrected chi connectivity index (χ0v) is 24.0. The number of nitro groups is 1. The molecule has 10 nitrogen and oxygen atoms in total. The highest BCUT2D eigenvalue weighted by atomic mass is 32.2. The third-order valence-electron chi connectivity index (χ3n) is 6.08. The molecule has 0 aliphatic carbocycles. The van der Waals surface area contributed by atoms with Gasteiger partial charge in [0.25, 0.3) is 15.7 Å². The summed E-state index contributed by atoms with van der Waals surface area (Å²) in [4.78, 5) is 39.1. The highest BCUT2D eigenvalue weighted by molar-refractivity contribution is 7.92. The van der Waals surface area contributed by atoms with Crippen molar-refractivity contribution >= 4 is 33.2 Å². The number of nitro benzene ring substituents is 1. The quantitative estimate of drug-likeness (QED) is 0.285. The SMILES string of the molecule is Cc1ccc(CN(C(=O)CN(c2cccc([N+](=O)[O-])c2)S(=O)(=O)c2ccccc2)[C@H](C)C(=O)NC(C)(C)C)cc1. The van der Waals surface area contributed by atoms with Gasteiger partial charge in [-0.1, -0.05) is 54.1 Å². The number of hydrogen-bond donors (Lipinski definition) is 1. The fourth-order valence-corrected chi connectivity index (χ4v) is 5.38. The molecule has 0 aliphatic heterocycles. The molecule has 0 saturated carbocycles. The van der Waals surface area contributed by atoms with E-state index in [0.717, 1.165) is 21.5 Å². The number of non-ortho nitro benzene ring substituents is 1. The zero-order valence-electron chi connectivity index (χ0n) is 23.2. The average Bonchev–Trinajstić information content (AvgIpc) is 2.90. The monoisotopic (exact) mass is 566 g/mol. The number of aryl methyl sites for hydroxylation is 1. The lowest BCUT2D eigenvalue weighted by atomic mass is 10.1. The van der Waals surface area contributed by atoms with Gasteiger partial charge in [-0.2, -0.15) is 0 Å². The van der Waals surface area contributed by atoms with E-state index < -0.39 is 44.9 Å². The average molecular weight is 567 g/mol. The lowest BCUT2D eigenvalue weighted by Crippen LogP contribution is -2.54. The van der Waals surface area contributed by atoms with Gasteiger partial charge in [-0.25, -0.2) is 8.42 Å².